The monoisotopic (exact) mass is 431 g/mol. The number of carbonyl (C=O) groups is 1. The lowest BCUT2D eigenvalue weighted by Crippen LogP contribution is -2.54. The minimum atomic E-state index is -0.850. The van der Waals surface area contributed by atoms with Crippen molar-refractivity contribution in [2.75, 3.05) is 20.2 Å². The zero-order chi connectivity index (χ0) is 22.5. The fourth-order valence-corrected chi connectivity index (χ4v) is 4.01. The van der Waals surface area contributed by atoms with Gasteiger partial charge in [-0.25, -0.2) is 4.98 Å². The molecule has 0 unspecified atom stereocenters. The van der Waals surface area contributed by atoms with E-state index in [4.69, 9.17) is 9.72 Å². The number of nitrogens with zero attached hydrogens (tertiary/aromatic N) is 5. The van der Waals surface area contributed by atoms with Crippen LogP contribution in [0.4, 0.5) is 0 Å². The normalized spacial score (nSPS) is 14.8. The molecule has 1 amide bonds. The molecule has 0 spiro atoms. The minimum absolute atomic E-state index is 0.0914. The molecule has 0 radical (unpaired) electrons. The molecule has 8 nitrogen and oxygen atoms in total. The van der Waals surface area contributed by atoms with Gasteiger partial charge in [0.25, 0.3) is 5.91 Å². The number of hydrogen-bond donors (Lipinski definition) is 1. The van der Waals surface area contributed by atoms with Crippen LogP contribution in [-0.4, -0.2) is 67.6 Å². The van der Waals surface area contributed by atoms with E-state index in [1.807, 2.05) is 30.5 Å². The van der Waals surface area contributed by atoms with Gasteiger partial charge in [-0.3, -0.25) is 14.5 Å². The smallest absolute Gasteiger partial charge is 0.272 e. The molecule has 1 N–H and O–H groups in total. The number of fused-ring (bicyclic) bond motifs is 2. The summed E-state index contributed by atoms with van der Waals surface area (Å²) in [4.78, 5) is 23.7. The van der Waals surface area contributed by atoms with E-state index in [9.17, 15) is 9.90 Å². The molecule has 3 aromatic heterocycles. The Bertz CT molecular complexity index is 1320. The van der Waals surface area contributed by atoms with Crippen LogP contribution in [0.25, 0.3) is 32.9 Å². The van der Waals surface area contributed by atoms with Gasteiger partial charge in [0.05, 0.1) is 29.3 Å². The van der Waals surface area contributed by atoms with Crippen LogP contribution in [0, 0.1) is 0 Å². The highest BCUT2D eigenvalue weighted by Crippen LogP contribution is 2.29. The Kier molecular flexibility index (Phi) is 4.91. The first-order valence-electron chi connectivity index (χ1n) is 10.6. The molecule has 1 aliphatic heterocycles. The Hall–Kier alpha value is -3.36. The van der Waals surface area contributed by atoms with Crippen molar-refractivity contribution in [1.82, 2.24) is 24.6 Å². The highest BCUT2D eigenvalue weighted by atomic mass is 16.5. The molecule has 32 heavy (non-hydrogen) atoms. The number of rotatable bonds is 5. The Morgan fingerprint density at radius 1 is 1.19 bits per heavy atom. The van der Waals surface area contributed by atoms with Crippen molar-refractivity contribution in [2.45, 2.75) is 32.1 Å². The van der Waals surface area contributed by atoms with Crippen molar-refractivity contribution in [2.24, 2.45) is 0 Å². The standard InChI is InChI=1S/C24H25N5O3/c1-24(2,31)14-29-11-17-8-15(4-6-20(17)27-29)19-10-25-9-16-5-7-21(26-22(16)19)23(30)28-12-18(13-28)32-3/h4-11,18,31H,12-14H2,1-3H3. The van der Waals surface area contributed by atoms with Gasteiger partial charge in [-0.05, 0) is 43.7 Å². The van der Waals surface area contributed by atoms with Crippen LogP contribution >= 0.6 is 0 Å². The first kappa shape index (κ1) is 20.5. The highest BCUT2D eigenvalue weighted by Gasteiger charge is 2.31. The number of amides is 1. The van der Waals surface area contributed by atoms with Gasteiger partial charge in [-0.15, -0.1) is 0 Å². The third kappa shape index (κ3) is 3.83. The van der Waals surface area contributed by atoms with Crippen molar-refractivity contribution >= 4 is 27.7 Å². The van der Waals surface area contributed by atoms with Crippen molar-refractivity contribution in [3.8, 4) is 11.1 Å². The minimum Gasteiger partial charge on any atom is -0.389 e. The summed E-state index contributed by atoms with van der Waals surface area (Å²) in [5.74, 6) is -0.0914. The maximum atomic E-state index is 12.8. The molecule has 0 bridgehead atoms. The second-order valence-corrected chi connectivity index (χ2v) is 8.94. The van der Waals surface area contributed by atoms with Gasteiger partial charge in [0.1, 0.15) is 5.69 Å². The van der Waals surface area contributed by atoms with Crippen LogP contribution in [0.5, 0.6) is 0 Å². The summed E-state index contributed by atoms with van der Waals surface area (Å²) in [6.07, 6.45) is 5.55. The van der Waals surface area contributed by atoms with Crippen molar-refractivity contribution in [3.63, 3.8) is 0 Å². The van der Waals surface area contributed by atoms with Gasteiger partial charge in [0.15, 0.2) is 0 Å². The second kappa shape index (κ2) is 7.65. The van der Waals surface area contributed by atoms with E-state index in [1.54, 1.807) is 49.0 Å². The number of ether oxygens (including phenoxy) is 1. The number of likely N-dealkylation sites (tertiary alicyclic amines) is 1. The lowest BCUT2D eigenvalue weighted by molar-refractivity contribution is -0.0194. The van der Waals surface area contributed by atoms with E-state index in [1.165, 1.54) is 0 Å². The highest BCUT2D eigenvalue weighted by molar-refractivity contribution is 5.99. The third-order valence-electron chi connectivity index (χ3n) is 5.70. The quantitative estimate of drug-likeness (QED) is 0.522. The number of aromatic nitrogens is 4. The molecule has 4 aromatic rings. The largest absolute Gasteiger partial charge is 0.389 e. The van der Waals surface area contributed by atoms with Crippen LogP contribution in [0.1, 0.15) is 24.3 Å². The molecular weight excluding hydrogens is 406 g/mol. The van der Waals surface area contributed by atoms with Crippen molar-refractivity contribution < 1.29 is 14.6 Å². The van der Waals surface area contributed by atoms with Gasteiger partial charge in [-0.1, -0.05) is 6.07 Å². The molecule has 1 saturated heterocycles. The van der Waals surface area contributed by atoms with Crippen LogP contribution in [0.3, 0.4) is 0 Å². The topological polar surface area (TPSA) is 93.4 Å². The second-order valence-electron chi connectivity index (χ2n) is 8.94. The molecule has 1 aliphatic rings. The van der Waals surface area contributed by atoms with Gasteiger partial charge >= 0.3 is 0 Å². The zero-order valence-electron chi connectivity index (χ0n) is 18.3. The summed E-state index contributed by atoms with van der Waals surface area (Å²) in [7, 11) is 1.66. The van der Waals surface area contributed by atoms with Gasteiger partial charge < -0.3 is 14.7 Å². The summed E-state index contributed by atoms with van der Waals surface area (Å²) in [5.41, 5.74) is 2.94. The van der Waals surface area contributed by atoms with Gasteiger partial charge in [0.2, 0.25) is 0 Å². The molecular formula is C24H25N5O3. The van der Waals surface area contributed by atoms with E-state index >= 15 is 0 Å². The number of aliphatic hydroxyl groups is 1. The Morgan fingerprint density at radius 2 is 2.00 bits per heavy atom. The molecule has 1 aromatic carbocycles. The number of pyridine rings is 2. The predicted molar refractivity (Wildman–Crippen MR) is 121 cm³/mol. The summed E-state index contributed by atoms with van der Waals surface area (Å²) in [5, 5.41) is 16.5. The fourth-order valence-electron chi connectivity index (χ4n) is 4.01. The van der Waals surface area contributed by atoms with Crippen LogP contribution < -0.4 is 0 Å². The number of carbonyl (C=O) groups excluding carboxylic acids is 1. The van der Waals surface area contributed by atoms with Crippen LogP contribution in [-0.2, 0) is 11.3 Å². The maximum absolute atomic E-state index is 12.8. The van der Waals surface area contributed by atoms with E-state index in [0.717, 1.165) is 32.9 Å². The first-order chi connectivity index (χ1) is 15.3. The van der Waals surface area contributed by atoms with E-state index in [-0.39, 0.29) is 12.0 Å². The first-order valence-corrected chi connectivity index (χ1v) is 10.6. The summed E-state index contributed by atoms with van der Waals surface area (Å²) < 4.78 is 7.02. The molecule has 0 atom stereocenters. The third-order valence-corrected chi connectivity index (χ3v) is 5.70. The Balaban J connectivity index is 1.52. The molecule has 1 fully saturated rings. The zero-order valence-corrected chi connectivity index (χ0v) is 18.3. The molecule has 164 valence electrons. The average molecular weight is 431 g/mol. The van der Waals surface area contributed by atoms with E-state index < -0.39 is 5.60 Å². The number of hydrogen-bond acceptors (Lipinski definition) is 6. The lowest BCUT2D eigenvalue weighted by Gasteiger charge is -2.37. The number of methoxy groups -OCH3 is 1. The van der Waals surface area contributed by atoms with E-state index in [0.29, 0.717) is 25.3 Å². The van der Waals surface area contributed by atoms with Crippen LogP contribution in [0.15, 0.2) is 48.9 Å². The molecule has 5 rings (SSSR count). The maximum Gasteiger partial charge on any atom is 0.272 e. The molecule has 0 saturated carbocycles. The predicted octanol–water partition coefficient (Wildman–Crippen LogP) is 2.89. The van der Waals surface area contributed by atoms with Crippen molar-refractivity contribution in [1.29, 1.82) is 0 Å². The molecule has 0 aliphatic carbocycles. The lowest BCUT2D eigenvalue weighted by atomic mass is 10.0. The van der Waals surface area contributed by atoms with Crippen LogP contribution in [0.2, 0.25) is 0 Å². The Labute approximate surface area is 185 Å². The average Bonchev–Trinajstić information content (AvgIpc) is 3.11. The van der Waals surface area contributed by atoms with Gasteiger partial charge in [0, 0.05) is 55.1 Å². The molecule has 8 heteroatoms. The number of benzene rings is 1. The summed E-state index contributed by atoms with van der Waals surface area (Å²) in [6.45, 7) is 5.09. The summed E-state index contributed by atoms with van der Waals surface area (Å²) >= 11 is 0. The van der Waals surface area contributed by atoms with Gasteiger partial charge in [-0.2, -0.15) is 5.10 Å². The SMILES string of the molecule is COC1CN(C(=O)c2ccc3cncc(-c4ccc5nn(CC(C)(C)O)cc5c4)c3n2)C1. The fraction of sp³-hybridized carbons (Fsp3) is 0.333. The van der Waals surface area contributed by atoms with E-state index in [2.05, 4.69) is 10.1 Å². The van der Waals surface area contributed by atoms with Crippen molar-refractivity contribution in [3.05, 3.63) is 54.6 Å². The Morgan fingerprint density at radius 3 is 2.75 bits per heavy atom. The summed E-state index contributed by atoms with van der Waals surface area (Å²) in [6, 6.07) is 9.60. The molecule has 4 heterocycles.